The quantitative estimate of drug-likeness (QED) is 0.773. The number of hydrogen-bond acceptors (Lipinski definition) is 5. The fourth-order valence-electron chi connectivity index (χ4n) is 4.06. The standard InChI is InChI=1S/C20H23N5O3/c1-12-21-18(24-23-12)13-6-8-14(9-7-13)22-17(26)10-11-25-19(27)15-4-2-3-5-16(15)20(25)28/h6-9,15-16H,2-5,10-11H2,1H3,(H,22,26)(H,21,23,24). The summed E-state index contributed by atoms with van der Waals surface area (Å²) in [5, 5.41) is 9.70. The summed E-state index contributed by atoms with van der Waals surface area (Å²) in [4.78, 5) is 42.7. The van der Waals surface area contributed by atoms with Gasteiger partial charge in [0.25, 0.3) is 0 Å². The van der Waals surface area contributed by atoms with E-state index in [-0.39, 0.29) is 42.5 Å². The number of fused-ring (bicyclic) bond motifs is 1. The molecule has 0 bridgehead atoms. The van der Waals surface area contributed by atoms with Crippen molar-refractivity contribution in [2.24, 2.45) is 11.8 Å². The van der Waals surface area contributed by atoms with Crippen LogP contribution in [-0.4, -0.2) is 44.3 Å². The van der Waals surface area contributed by atoms with E-state index in [4.69, 9.17) is 0 Å². The van der Waals surface area contributed by atoms with Crippen LogP contribution in [0.3, 0.4) is 0 Å². The van der Waals surface area contributed by atoms with E-state index in [9.17, 15) is 14.4 Å². The predicted octanol–water partition coefficient (Wildman–Crippen LogP) is 2.28. The Morgan fingerprint density at radius 3 is 2.36 bits per heavy atom. The van der Waals surface area contributed by atoms with Crippen molar-refractivity contribution < 1.29 is 14.4 Å². The maximum absolute atomic E-state index is 12.5. The molecule has 1 saturated carbocycles. The number of aromatic nitrogens is 3. The van der Waals surface area contributed by atoms with Gasteiger partial charge in [0.2, 0.25) is 17.7 Å². The van der Waals surface area contributed by atoms with E-state index in [1.165, 1.54) is 4.90 Å². The van der Waals surface area contributed by atoms with Gasteiger partial charge in [-0.05, 0) is 44.0 Å². The maximum Gasteiger partial charge on any atom is 0.233 e. The largest absolute Gasteiger partial charge is 0.326 e. The summed E-state index contributed by atoms with van der Waals surface area (Å²) in [6.45, 7) is 1.97. The zero-order valence-corrected chi connectivity index (χ0v) is 15.8. The number of benzene rings is 1. The molecule has 2 aromatic rings. The van der Waals surface area contributed by atoms with E-state index < -0.39 is 0 Å². The highest BCUT2D eigenvalue weighted by atomic mass is 16.2. The van der Waals surface area contributed by atoms with Gasteiger partial charge in [-0.2, -0.15) is 5.10 Å². The second-order valence-corrected chi connectivity index (χ2v) is 7.45. The van der Waals surface area contributed by atoms with Crippen molar-refractivity contribution in [1.29, 1.82) is 0 Å². The van der Waals surface area contributed by atoms with Gasteiger partial charge in [0.1, 0.15) is 5.82 Å². The smallest absolute Gasteiger partial charge is 0.233 e. The van der Waals surface area contributed by atoms with Crippen LogP contribution in [0.25, 0.3) is 11.4 Å². The Morgan fingerprint density at radius 2 is 1.79 bits per heavy atom. The Hall–Kier alpha value is -3.03. The highest BCUT2D eigenvalue weighted by Crippen LogP contribution is 2.37. The SMILES string of the molecule is Cc1nc(-c2ccc(NC(=O)CCN3C(=O)C4CCCCC4C3=O)cc2)n[nH]1. The molecule has 2 fully saturated rings. The van der Waals surface area contributed by atoms with Gasteiger partial charge >= 0.3 is 0 Å². The number of imide groups is 1. The zero-order chi connectivity index (χ0) is 19.7. The third kappa shape index (κ3) is 3.54. The lowest BCUT2D eigenvalue weighted by atomic mass is 9.81. The number of nitrogens with zero attached hydrogens (tertiary/aromatic N) is 3. The molecule has 8 nitrogen and oxygen atoms in total. The van der Waals surface area contributed by atoms with Crippen molar-refractivity contribution in [2.45, 2.75) is 39.0 Å². The van der Waals surface area contributed by atoms with Crippen molar-refractivity contribution in [3.05, 3.63) is 30.1 Å². The number of anilines is 1. The first-order valence-corrected chi connectivity index (χ1v) is 9.67. The summed E-state index contributed by atoms with van der Waals surface area (Å²) in [5.41, 5.74) is 1.49. The number of nitrogens with one attached hydrogen (secondary N) is 2. The molecular formula is C20H23N5O3. The topological polar surface area (TPSA) is 108 Å². The van der Waals surface area contributed by atoms with Crippen LogP contribution >= 0.6 is 0 Å². The fourth-order valence-corrected chi connectivity index (χ4v) is 4.06. The summed E-state index contributed by atoms with van der Waals surface area (Å²) >= 11 is 0. The summed E-state index contributed by atoms with van der Waals surface area (Å²) in [6.07, 6.45) is 3.66. The average Bonchev–Trinajstić information content (AvgIpc) is 3.23. The molecule has 2 atom stereocenters. The highest BCUT2D eigenvalue weighted by molar-refractivity contribution is 6.05. The molecule has 1 aliphatic heterocycles. The monoisotopic (exact) mass is 381 g/mol. The van der Waals surface area contributed by atoms with Gasteiger partial charge in [-0.1, -0.05) is 12.8 Å². The molecular weight excluding hydrogens is 358 g/mol. The molecule has 28 heavy (non-hydrogen) atoms. The summed E-state index contributed by atoms with van der Waals surface area (Å²) in [5.74, 6) is 0.563. The lowest BCUT2D eigenvalue weighted by Gasteiger charge is -2.19. The number of aromatic amines is 1. The molecule has 2 heterocycles. The third-order valence-electron chi connectivity index (χ3n) is 5.52. The van der Waals surface area contributed by atoms with Gasteiger partial charge in [-0.3, -0.25) is 24.4 Å². The number of likely N-dealkylation sites (tertiary alicyclic amines) is 1. The normalized spacial score (nSPS) is 21.7. The summed E-state index contributed by atoms with van der Waals surface area (Å²) in [7, 11) is 0. The van der Waals surface area contributed by atoms with Crippen LogP contribution in [0.2, 0.25) is 0 Å². The molecule has 2 unspecified atom stereocenters. The van der Waals surface area contributed by atoms with Gasteiger partial charge < -0.3 is 5.32 Å². The molecule has 1 aromatic carbocycles. The lowest BCUT2D eigenvalue weighted by Crippen LogP contribution is -2.34. The molecule has 0 radical (unpaired) electrons. The summed E-state index contributed by atoms with van der Waals surface area (Å²) in [6, 6.07) is 7.21. The number of H-pyrrole nitrogens is 1. The molecule has 1 aliphatic carbocycles. The van der Waals surface area contributed by atoms with E-state index in [0.29, 0.717) is 11.5 Å². The van der Waals surface area contributed by atoms with E-state index in [1.807, 2.05) is 19.1 Å². The van der Waals surface area contributed by atoms with Crippen LogP contribution < -0.4 is 5.32 Å². The number of carbonyl (C=O) groups excluding carboxylic acids is 3. The van der Waals surface area contributed by atoms with E-state index in [0.717, 1.165) is 37.1 Å². The lowest BCUT2D eigenvalue weighted by molar-refractivity contribution is -0.140. The van der Waals surface area contributed by atoms with E-state index >= 15 is 0 Å². The second kappa shape index (κ2) is 7.53. The number of amides is 3. The van der Waals surface area contributed by atoms with E-state index in [1.54, 1.807) is 12.1 Å². The molecule has 2 N–H and O–H groups in total. The van der Waals surface area contributed by atoms with Crippen LogP contribution in [0, 0.1) is 18.8 Å². The average molecular weight is 381 g/mol. The number of aryl methyl sites for hydroxylation is 1. The van der Waals surface area contributed by atoms with Gasteiger partial charge in [0, 0.05) is 24.2 Å². The van der Waals surface area contributed by atoms with Crippen LogP contribution in [0.5, 0.6) is 0 Å². The number of hydrogen-bond donors (Lipinski definition) is 2. The minimum Gasteiger partial charge on any atom is -0.326 e. The number of rotatable bonds is 5. The molecule has 2 aliphatic rings. The molecule has 4 rings (SSSR count). The predicted molar refractivity (Wildman–Crippen MR) is 102 cm³/mol. The third-order valence-corrected chi connectivity index (χ3v) is 5.52. The van der Waals surface area contributed by atoms with Crippen molar-refractivity contribution in [3.8, 4) is 11.4 Å². The van der Waals surface area contributed by atoms with Crippen molar-refractivity contribution in [3.63, 3.8) is 0 Å². The first-order chi connectivity index (χ1) is 13.5. The van der Waals surface area contributed by atoms with E-state index in [2.05, 4.69) is 20.5 Å². The van der Waals surface area contributed by atoms with Gasteiger partial charge in [0.05, 0.1) is 11.8 Å². The Bertz CT molecular complexity index is 881. The molecule has 146 valence electrons. The van der Waals surface area contributed by atoms with Crippen LogP contribution in [-0.2, 0) is 14.4 Å². The van der Waals surface area contributed by atoms with Crippen LogP contribution in [0.1, 0.15) is 37.9 Å². The van der Waals surface area contributed by atoms with Crippen molar-refractivity contribution in [1.82, 2.24) is 20.1 Å². The minimum absolute atomic E-state index is 0.0960. The first-order valence-electron chi connectivity index (χ1n) is 9.67. The molecule has 0 spiro atoms. The second-order valence-electron chi connectivity index (χ2n) is 7.45. The Balaban J connectivity index is 1.32. The van der Waals surface area contributed by atoms with Gasteiger partial charge in [0.15, 0.2) is 5.82 Å². The first kappa shape index (κ1) is 18.3. The maximum atomic E-state index is 12.5. The van der Waals surface area contributed by atoms with Gasteiger partial charge in [-0.15, -0.1) is 0 Å². The molecule has 8 heteroatoms. The van der Waals surface area contributed by atoms with Crippen LogP contribution in [0.4, 0.5) is 5.69 Å². The fraction of sp³-hybridized carbons (Fsp3) is 0.450. The zero-order valence-electron chi connectivity index (χ0n) is 15.8. The molecule has 3 amide bonds. The number of carbonyl (C=O) groups is 3. The van der Waals surface area contributed by atoms with Gasteiger partial charge in [-0.25, -0.2) is 4.98 Å². The Labute approximate surface area is 162 Å². The Morgan fingerprint density at radius 1 is 1.14 bits per heavy atom. The Kier molecular flexibility index (Phi) is 4.93. The molecule has 1 saturated heterocycles. The highest BCUT2D eigenvalue weighted by Gasteiger charge is 2.47. The van der Waals surface area contributed by atoms with Crippen molar-refractivity contribution in [2.75, 3.05) is 11.9 Å². The minimum atomic E-state index is -0.225. The van der Waals surface area contributed by atoms with Crippen LogP contribution in [0.15, 0.2) is 24.3 Å². The molecule has 1 aromatic heterocycles. The van der Waals surface area contributed by atoms with Crippen molar-refractivity contribution >= 4 is 23.4 Å². The summed E-state index contributed by atoms with van der Waals surface area (Å²) < 4.78 is 0.